The van der Waals surface area contributed by atoms with E-state index in [1.54, 1.807) is 0 Å². The van der Waals surface area contributed by atoms with E-state index < -0.39 is 17.0 Å². The molecule has 118 valence electrons. The molecule has 1 aromatic heterocycles. The molecule has 0 fully saturated rings. The molecule has 2 rings (SSSR count). The first-order chi connectivity index (χ1) is 10.2. The fourth-order valence-corrected chi connectivity index (χ4v) is 2.12. The lowest BCUT2D eigenvalue weighted by Crippen LogP contribution is -2.41. The van der Waals surface area contributed by atoms with Crippen LogP contribution in [0, 0.1) is 5.82 Å². The first-order valence-electron chi connectivity index (χ1n) is 6.60. The third-order valence-corrected chi connectivity index (χ3v) is 3.03. The normalized spacial score (nSPS) is 11.5. The summed E-state index contributed by atoms with van der Waals surface area (Å²) < 4.78 is 14.4. The number of hydrogen-bond donors (Lipinski definition) is 2. The summed E-state index contributed by atoms with van der Waals surface area (Å²) in [7, 11) is 0. The first-order valence-corrected chi connectivity index (χ1v) is 6.98. The van der Waals surface area contributed by atoms with Gasteiger partial charge in [0.05, 0.1) is 17.1 Å². The molecule has 0 spiro atoms. The van der Waals surface area contributed by atoms with E-state index in [1.165, 1.54) is 16.7 Å². The standard InChI is InChI=1S/C14H16ClFN4O2/c1-14(2,3)17-12(21)7-11-18-19-13(22)20(11)8-4-5-10(16)9(15)6-8/h4-6H,7H2,1-3H3,(H,17,21)(H,19,22). The number of aromatic nitrogens is 3. The van der Waals surface area contributed by atoms with Crippen LogP contribution >= 0.6 is 11.6 Å². The largest absolute Gasteiger partial charge is 0.351 e. The van der Waals surface area contributed by atoms with Crippen molar-refractivity contribution < 1.29 is 9.18 Å². The Hall–Kier alpha value is -2.15. The highest BCUT2D eigenvalue weighted by molar-refractivity contribution is 6.30. The predicted molar refractivity (Wildman–Crippen MR) is 80.8 cm³/mol. The summed E-state index contributed by atoms with van der Waals surface area (Å²) in [5.41, 5.74) is -0.581. The third kappa shape index (κ3) is 3.73. The number of aromatic amines is 1. The number of nitrogens with zero attached hydrogens (tertiary/aromatic N) is 2. The van der Waals surface area contributed by atoms with Gasteiger partial charge in [-0.2, -0.15) is 5.10 Å². The number of hydrogen-bond acceptors (Lipinski definition) is 3. The summed E-state index contributed by atoms with van der Waals surface area (Å²) in [4.78, 5) is 23.9. The van der Waals surface area contributed by atoms with Crippen LogP contribution in [0.5, 0.6) is 0 Å². The number of H-pyrrole nitrogens is 1. The summed E-state index contributed by atoms with van der Waals surface area (Å²) in [6.07, 6.45) is -0.0923. The first kappa shape index (κ1) is 16.2. The van der Waals surface area contributed by atoms with Gasteiger partial charge >= 0.3 is 5.69 Å². The Balaban J connectivity index is 2.34. The molecule has 0 unspecified atom stereocenters. The highest BCUT2D eigenvalue weighted by atomic mass is 35.5. The number of halogens is 2. The minimum Gasteiger partial charge on any atom is -0.351 e. The van der Waals surface area contributed by atoms with E-state index in [0.29, 0.717) is 5.69 Å². The summed E-state index contributed by atoms with van der Waals surface area (Å²) in [5, 5.41) is 8.79. The van der Waals surface area contributed by atoms with Crippen LogP contribution in [0.3, 0.4) is 0 Å². The van der Waals surface area contributed by atoms with Crippen LogP contribution in [-0.2, 0) is 11.2 Å². The van der Waals surface area contributed by atoms with Crippen LogP contribution in [0.15, 0.2) is 23.0 Å². The van der Waals surface area contributed by atoms with Crippen LogP contribution in [-0.4, -0.2) is 26.2 Å². The fraction of sp³-hybridized carbons (Fsp3) is 0.357. The van der Waals surface area contributed by atoms with Crippen molar-refractivity contribution in [1.29, 1.82) is 0 Å². The Morgan fingerprint density at radius 1 is 1.45 bits per heavy atom. The molecule has 0 bridgehead atoms. The lowest BCUT2D eigenvalue weighted by molar-refractivity contribution is -0.121. The summed E-state index contributed by atoms with van der Waals surface area (Å²) in [6, 6.07) is 3.85. The maximum atomic E-state index is 13.2. The Labute approximate surface area is 131 Å². The molecule has 0 saturated heterocycles. The van der Waals surface area contributed by atoms with Crippen molar-refractivity contribution in [2.24, 2.45) is 0 Å². The van der Waals surface area contributed by atoms with Gasteiger partial charge < -0.3 is 5.32 Å². The van der Waals surface area contributed by atoms with Crippen LogP contribution < -0.4 is 11.0 Å². The van der Waals surface area contributed by atoms with Gasteiger partial charge in [0.1, 0.15) is 11.6 Å². The van der Waals surface area contributed by atoms with Gasteiger partial charge in [-0.05, 0) is 39.0 Å². The van der Waals surface area contributed by atoms with Crippen molar-refractivity contribution in [3.63, 3.8) is 0 Å². The van der Waals surface area contributed by atoms with E-state index in [0.717, 1.165) is 6.07 Å². The van der Waals surface area contributed by atoms with Gasteiger partial charge in [0, 0.05) is 5.54 Å². The van der Waals surface area contributed by atoms with Gasteiger partial charge in [-0.3, -0.25) is 4.79 Å². The van der Waals surface area contributed by atoms with Gasteiger partial charge in [0.15, 0.2) is 0 Å². The van der Waals surface area contributed by atoms with Crippen LogP contribution in [0.1, 0.15) is 26.6 Å². The number of nitrogens with one attached hydrogen (secondary N) is 2. The zero-order valence-electron chi connectivity index (χ0n) is 12.4. The van der Waals surface area contributed by atoms with E-state index in [-0.39, 0.29) is 23.2 Å². The second kappa shape index (κ2) is 5.92. The molecule has 8 heteroatoms. The number of benzene rings is 1. The summed E-state index contributed by atoms with van der Waals surface area (Å²) in [5.74, 6) is -0.649. The maximum Gasteiger partial charge on any atom is 0.347 e. The third-order valence-electron chi connectivity index (χ3n) is 2.74. The Morgan fingerprint density at radius 2 is 2.14 bits per heavy atom. The van der Waals surface area contributed by atoms with E-state index in [4.69, 9.17) is 11.6 Å². The average Bonchev–Trinajstić information content (AvgIpc) is 2.72. The molecule has 1 amide bonds. The number of rotatable bonds is 3. The molecule has 1 heterocycles. The van der Waals surface area contributed by atoms with Crippen LogP contribution in [0.4, 0.5) is 4.39 Å². The molecule has 0 radical (unpaired) electrons. The van der Waals surface area contributed by atoms with E-state index in [2.05, 4.69) is 15.5 Å². The fourth-order valence-electron chi connectivity index (χ4n) is 1.94. The van der Waals surface area contributed by atoms with E-state index in [9.17, 15) is 14.0 Å². The molecule has 0 atom stereocenters. The molecular weight excluding hydrogens is 311 g/mol. The molecule has 0 aliphatic rings. The smallest absolute Gasteiger partial charge is 0.347 e. The van der Waals surface area contributed by atoms with Gasteiger partial charge in [-0.25, -0.2) is 18.9 Å². The van der Waals surface area contributed by atoms with E-state index >= 15 is 0 Å². The van der Waals surface area contributed by atoms with Gasteiger partial charge in [0.2, 0.25) is 5.91 Å². The second-order valence-corrected chi connectivity index (χ2v) is 6.26. The van der Waals surface area contributed by atoms with Crippen molar-refractivity contribution in [3.8, 4) is 5.69 Å². The quantitative estimate of drug-likeness (QED) is 0.902. The summed E-state index contributed by atoms with van der Waals surface area (Å²) in [6.45, 7) is 5.55. The lowest BCUT2D eigenvalue weighted by Gasteiger charge is -2.20. The molecular formula is C14H16ClFN4O2. The van der Waals surface area contributed by atoms with Crippen molar-refractivity contribution in [2.45, 2.75) is 32.7 Å². The molecule has 2 aromatic rings. The van der Waals surface area contributed by atoms with E-state index in [1.807, 2.05) is 20.8 Å². The monoisotopic (exact) mass is 326 g/mol. The zero-order chi connectivity index (χ0) is 16.5. The average molecular weight is 327 g/mol. The molecule has 2 N–H and O–H groups in total. The number of carbonyl (C=O) groups excluding carboxylic acids is 1. The van der Waals surface area contributed by atoms with Crippen LogP contribution in [0.25, 0.3) is 5.69 Å². The SMILES string of the molecule is CC(C)(C)NC(=O)Cc1n[nH]c(=O)n1-c1ccc(F)c(Cl)c1. The highest BCUT2D eigenvalue weighted by Crippen LogP contribution is 2.18. The highest BCUT2D eigenvalue weighted by Gasteiger charge is 2.18. The molecule has 0 aliphatic carbocycles. The van der Waals surface area contributed by atoms with Crippen molar-refractivity contribution in [2.75, 3.05) is 0 Å². The van der Waals surface area contributed by atoms with Crippen LogP contribution in [0.2, 0.25) is 5.02 Å². The predicted octanol–water partition coefficient (Wildman–Crippen LogP) is 1.81. The summed E-state index contributed by atoms with van der Waals surface area (Å²) >= 11 is 5.73. The minimum absolute atomic E-state index is 0.0923. The Kier molecular flexibility index (Phi) is 4.37. The number of carbonyl (C=O) groups is 1. The number of amides is 1. The lowest BCUT2D eigenvalue weighted by atomic mass is 10.1. The van der Waals surface area contributed by atoms with Gasteiger partial charge in [-0.15, -0.1) is 0 Å². The molecule has 6 nitrogen and oxygen atoms in total. The molecule has 0 aliphatic heterocycles. The Bertz CT molecular complexity index is 761. The Morgan fingerprint density at radius 3 is 2.73 bits per heavy atom. The molecule has 1 aromatic carbocycles. The minimum atomic E-state index is -0.589. The van der Waals surface area contributed by atoms with Gasteiger partial charge in [0.25, 0.3) is 0 Å². The van der Waals surface area contributed by atoms with Crippen molar-refractivity contribution in [3.05, 3.63) is 45.3 Å². The maximum absolute atomic E-state index is 13.2. The van der Waals surface area contributed by atoms with Crippen molar-refractivity contribution in [1.82, 2.24) is 20.1 Å². The second-order valence-electron chi connectivity index (χ2n) is 5.85. The topological polar surface area (TPSA) is 79.8 Å². The zero-order valence-corrected chi connectivity index (χ0v) is 13.2. The molecule has 0 saturated carbocycles. The van der Waals surface area contributed by atoms with Gasteiger partial charge in [-0.1, -0.05) is 11.6 Å². The van der Waals surface area contributed by atoms with Crippen molar-refractivity contribution >= 4 is 17.5 Å². The molecule has 22 heavy (non-hydrogen) atoms.